The summed E-state index contributed by atoms with van der Waals surface area (Å²) in [7, 11) is 0. The Bertz CT molecular complexity index is 409. The van der Waals surface area contributed by atoms with Crippen LogP contribution in [-0.4, -0.2) is 34.3 Å². The number of piperazine rings is 1. The van der Waals surface area contributed by atoms with Gasteiger partial charge >= 0.3 is 0 Å². The molecular formula is C16H28N2O2. The lowest BCUT2D eigenvalue weighted by Crippen LogP contribution is -2.71. The highest BCUT2D eigenvalue weighted by Crippen LogP contribution is 2.35. The third-order valence-electron chi connectivity index (χ3n) is 5.35. The zero-order valence-electron chi connectivity index (χ0n) is 13.4. The highest BCUT2D eigenvalue weighted by Gasteiger charge is 2.49. The Morgan fingerprint density at radius 3 is 2.45 bits per heavy atom. The summed E-state index contributed by atoms with van der Waals surface area (Å²) in [6.45, 7) is 10.2. The van der Waals surface area contributed by atoms with Gasteiger partial charge in [0.1, 0.15) is 11.6 Å². The van der Waals surface area contributed by atoms with E-state index in [0.29, 0.717) is 12.3 Å². The molecule has 1 heterocycles. The number of nitrogens with one attached hydrogen (secondary N) is 1. The molecule has 4 nitrogen and oxygen atoms in total. The molecule has 4 heteroatoms. The number of hydrogen-bond acceptors (Lipinski definition) is 2. The Morgan fingerprint density at radius 2 is 1.90 bits per heavy atom. The van der Waals surface area contributed by atoms with Crippen molar-refractivity contribution in [1.82, 2.24) is 10.2 Å². The molecule has 2 amide bonds. The van der Waals surface area contributed by atoms with Crippen molar-refractivity contribution in [2.45, 2.75) is 77.9 Å². The summed E-state index contributed by atoms with van der Waals surface area (Å²) in [4.78, 5) is 27.0. The van der Waals surface area contributed by atoms with E-state index in [1.165, 1.54) is 0 Å². The first-order valence-electron chi connectivity index (χ1n) is 7.95. The van der Waals surface area contributed by atoms with Gasteiger partial charge in [-0.15, -0.1) is 0 Å². The average Bonchev–Trinajstić information content (AvgIpc) is 2.39. The van der Waals surface area contributed by atoms with Crippen LogP contribution in [0, 0.1) is 11.8 Å². The number of carbonyl (C=O) groups excluding carboxylic acids is 2. The van der Waals surface area contributed by atoms with E-state index in [9.17, 15) is 9.59 Å². The Balaban J connectivity index is 2.27. The molecule has 1 aliphatic heterocycles. The maximum Gasteiger partial charge on any atom is 0.248 e. The van der Waals surface area contributed by atoms with Crippen molar-refractivity contribution in [2.24, 2.45) is 11.8 Å². The quantitative estimate of drug-likeness (QED) is 0.844. The molecule has 5 unspecified atom stereocenters. The van der Waals surface area contributed by atoms with Gasteiger partial charge in [-0.25, -0.2) is 0 Å². The highest BCUT2D eigenvalue weighted by atomic mass is 16.2. The lowest BCUT2D eigenvalue weighted by atomic mass is 9.77. The summed E-state index contributed by atoms with van der Waals surface area (Å²) in [5.74, 6) is 1.28. The lowest BCUT2D eigenvalue weighted by Gasteiger charge is -2.49. The van der Waals surface area contributed by atoms with Crippen molar-refractivity contribution >= 4 is 11.8 Å². The number of carbonyl (C=O) groups is 2. The third-order valence-corrected chi connectivity index (χ3v) is 5.35. The number of nitrogens with zero attached hydrogens (tertiary/aromatic N) is 1. The van der Waals surface area contributed by atoms with Gasteiger partial charge in [0.2, 0.25) is 11.8 Å². The third kappa shape index (κ3) is 2.45. The fourth-order valence-electron chi connectivity index (χ4n) is 3.76. The average molecular weight is 280 g/mol. The zero-order valence-corrected chi connectivity index (χ0v) is 13.4. The molecule has 1 saturated heterocycles. The first-order valence-corrected chi connectivity index (χ1v) is 7.95. The van der Waals surface area contributed by atoms with E-state index in [1.54, 1.807) is 0 Å². The monoisotopic (exact) mass is 280 g/mol. The second-order valence-electron chi connectivity index (χ2n) is 7.03. The minimum atomic E-state index is -0.730. The molecule has 2 rings (SSSR count). The number of hydrogen-bond donors (Lipinski definition) is 1. The molecule has 1 aliphatic carbocycles. The van der Waals surface area contributed by atoms with Crippen molar-refractivity contribution in [1.29, 1.82) is 0 Å². The van der Waals surface area contributed by atoms with Gasteiger partial charge in [0, 0.05) is 6.04 Å². The van der Waals surface area contributed by atoms with Crippen LogP contribution in [0.25, 0.3) is 0 Å². The lowest BCUT2D eigenvalue weighted by molar-refractivity contribution is -0.159. The van der Waals surface area contributed by atoms with Gasteiger partial charge in [-0.3, -0.25) is 9.59 Å². The first kappa shape index (κ1) is 15.3. The van der Waals surface area contributed by atoms with Gasteiger partial charge in [0.25, 0.3) is 0 Å². The van der Waals surface area contributed by atoms with Crippen LogP contribution in [0.2, 0.25) is 0 Å². The van der Waals surface area contributed by atoms with Crippen LogP contribution in [0.3, 0.4) is 0 Å². The van der Waals surface area contributed by atoms with Crippen molar-refractivity contribution in [2.75, 3.05) is 0 Å². The molecule has 1 saturated carbocycles. The Kier molecular flexibility index (Phi) is 4.12. The zero-order chi connectivity index (χ0) is 15.1. The van der Waals surface area contributed by atoms with Gasteiger partial charge < -0.3 is 10.2 Å². The van der Waals surface area contributed by atoms with E-state index in [-0.39, 0.29) is 23.9 Å². The molecule has 2 fully saturated rings. The standard InChI is InChI=1S/C16H28N2O2/c1-6-16(5)15(20)18(12(4)14(19)17-16)13-8-7-10(2)9-11(13)3/h10-13H,6-9H2,1-5H3,(H,17,19). The highest BCUT2D eigenvalue weighted by molar-refractivity contribution is 5.99. The van der Waals surface area contributed by atoms with Crippen LogP contribution in [-0.2, 0) is 9.59 Å². The van der Waals surface area contributed by atoms with E-state index in [4.69, 9.17) is 0 Å². The molecule has 0 radical (unpaired) electrons. The molecule has 0 aromatic heterocycles. The number of amides is 2. The Morgan fingerprint density at radius 1 is 1.25 bits per heavy atom. The first-order chi connectivity index (χ1) is 9.30. The van der Waals surface area contributed by atoms with Crippen molar-refractivity contribution in [3.8, 4) is 0 Å². The fourth-order valence-corrected chi connectivity index (χ4v) is 3.76. The molecule has 114 valence electrons. The predicted octanol–water partition coefficient (Wildman–Crippen LogP) is 2.33. The van der Waals surface area contributed by atoms with Crippen LogP contribution in [0.4, 0.5) is 0 Å². The minimum Gasteiger partial charge on any atom is -0.340 e. The van der Waals surface area contributed by atoms with E-state index in [2.05, 4.69) is 19.2 Å². The van der Waals surface area contributed by atoms with Crippen LogP contribution >= 0.6 is 0 Å². The summed E-state index contributed by atoms with van der Waals surface area (Å²) in [5, 5.41) is 2.90. The molecule has 2 aliphatic rings. The normalized spacial score (nSPS) is 42.5. The largest absolute Gasteiger partial charge is 0.340 e. The van der Waals surface area contributed by atoms with Gasteiger partial charge in [0.15, 0.2) is 0 Å². The number of rotatable bonds is 2. The van der Waals surface area contributed by atoms with Gasteiger partial charge in [-0.1, -0.05) is 20.8 Å². The van der Waals surface area contributed by atoms with E-state index < -0.39 is 5.54 Å². The van der Waals surface area contributed by atoms with Gasteiger partial charge in [0.05, 0.1) is 0 Å². The van der Waals surface area contributed by atoms with Gasteiger partial charge in [-0.05, 0) is 51.4 Å². The molecule has 20 heavy (non-hydrogen) atoms. The van der Waals surface area contributed by atoms with E-state index in [0.717, 1.165) is 25.2 Å². The smallest absolute Gasteiger partial charge is 0.248 e. The van der Waals surface area contributed by atoms with E-state index in [1.807, 2.05) is 25.7 Å². The van der Waals surface area contributed by atoms with Crippen molar-refractivity contribution in [3.05, 3.63) is 0 Å². The minimum absolute atomic E-state index is 0.0141. The SMILES string of the molecule is CCC1(C)NC(=O)C(C)N(C2CCC(C)CC2C)C1=O. The molecule has 0 spiro atoms. The second kappa shape index (κ2) is 5.38. The van der Waals surface area contributed by atoms with Crippen LogP contribution in [0.1, 0.15) is 60.3 Å². The topological polar surface area (TPSA) is 49.4 Å². The van der Waals surface area contributed by atoms with Crippen molar-refractivity contribution in [3.63, 3.8) is 0 Å². The van der Waals surface area contributed by atoms with Crippen LogP contribution in [0.5, 0.6) is 0 Å². The predicted molar refractivity (Wildman–Crippen MR) is 79.1 cm³/mol. The maximum atomic E-state index is 12.9. The summed E-state index contributed by atoms with van der Waals surface area (Å²) >= 11 is 0. The van der Waals surface area contributed by atoms with Crippen LogP contribution < -0.4 is 5.32 Å². The maximum absolute atomic E-state index is 12.9. The fraction of sp³-hybridized carbons (Fsp3) is 0.875. The molecule has 0 bridgehead atoms. The molecule has 5 atom stereocenters. The Hall–Kier alpha value is -1.06. The molecule has 0 aromatic carbocycles. The molecule has 0 aromatic rings. The second-order valence-corrected chi connectivity index (χ2v) is 7.03. The van der Waals surface area contributed by atoms with Crippen molar-refractivity contribution < 1.29 is 9.59 Å². The van der Waals surface area contributed by atoms with E-state index >= 15 is 0 Å². The summed E-state index contributed by atoms with van der Waals surface area (Å²) in [5.41, 5.74) is -0.730. The Labute approximate surface area is 122 Å². The van der Waals surface area contributed by atoms with Crippen LogP contribution in [0.15, 0.2) is 0 Å². The summed E-state index contributed by atoms with van der Waals surface area (Å²) < 4.78 is 0. The van der Waals surface area contributed by atoms with Gasteiger partial charge in [-0.2, -0.15) is 0 Å². The summed E-state index contributed by atoms with van der Waals surface area (Å²) in [6.07, 6.45) is 3.95. The molecular weight excluding hydrogens is 252 g/mol. The summed E-state index contributed by atoms with van der Waals surface area (Å²) in [6, 6.07) is -0.131. The molecule has 1 N–H and O–H groups in total.